The summed E-state index contributed by atoms with van der Waals surface area (Å²) < 4.78 is 0. The zero-order chi connectivity index (χ0) is 5.54. The first-order valence-corrected chi connectivity index (χ1v) is 2.57. The van der Waals surface area contributed by atoms with Crippen LogP contribution in [0.5, 0.6) is 0 Å². The Morgan fingerprint density at radius 1 is 1.71 bits per heavy atom. The summed E-state index contributed by atoms with van der Waals surface area (Å²) in [6.07, 6.45) is 6.25. The molecule has 0 rings (SSSR count). The van der Waals surface area contributed by atoms with Gasteiger partial charge in [0.05, 0.1) is 0 Å². The van der Waals surface area contributed by atoms with Crippen LogP contribution in [0.4, 0.5) is 0 Å². The molecular weight excluding hydrogens is 84.1 g/mol. The second-order valence-electron chi connectivity index (χ2n) is 1.34. The maximum absolute atomic E-state index is 3.43. The molecule has 1 radical (unpaired) electrons. The fourth-order valence-corrected chi connectivity index (χ4v) is 0.333. The van der Waals surface area contributed by atoms with Gasteiger partial charge in [0.1, 0.15) is 0 Å². The van der Waals surface area contributed by atoms with Gasteiger partial charge in [-0.05, 0) is 18.9 Å². The van der Waals surface area contributed by atoms with Gasteiger partial charge in [0, 0.05) is 0 Å². The maximum Gasteiger partial charge on any atom is -0.0243 e. The van der Waals surface area contributed by atoms with Crippen LogP contribution in [0.1, 0.15) is 19.8 Å². The molecule has 0 nitrogen and oxygen atoms in total. The largest absolute Gasteiger partial charge is 0.133 e. The summed E-state index contributed by atoms with van der Waals surface area (Å²) in [4.78, 5) is 0. The monoisotopic (exact) mass is 95.1 g/mol. The molecule has 0 bridgehead atoms. The second-order valence-corrected chi connectivity index (χ2v) is 1.34. The van der Waals surface area contributed by atoms with Crippen molar-refractivity contribution in [1.82, 2.24) is 0 Å². The topological polar surface area (TPSA) is 0 Å². The molecule has 0 aliphatic heterocycles. The minimum Gasteiger partial charge on any atom is -0.133 e. The number of unbranched alkanes of at least 4 members (excludes halogenated alkanes) is 2. The molecule has 0 saturated carbocycles. The summed E-state index contributed by atoms with van der Waals surface area (Å²) in [7, 11) is 0. The summed E-state index contributed by atoms with van der Waals surface area (Å²) in [6.45, 7) is 5.55. The Kier molecular flexibility index (Phi) is 5.14. The quantitative estimate of drug-likeness (QED) is 0.373. The molecule has 0 heteroatoms. The van der Waals surface area contributed by atoms with Crippen LogP contribution in [-0.2, 0) is 0 Å². The highest BCUT2D eigenvalue weighted by Crippen LogP contribution is 1.90. The number of rotatable bonds is 3. The van der Waals surface area contributed by atoms with Crippen molar-refractivity contribution in [2.24, 2.45) is 0 Å². The van der Waals surface area contributed by atoms with Gasteiger partial charge in [0.15, 0.2) is 0 Å². The molecule has 0 aliphatic carbocycles. The van der Waals surface area contributed by atoms with Crippen LogP contribution in [0, 0.1) is 6.42 Å². The lowest BCUT2D eigenvalue weighted by atomic mass is 10.2. The van der Waals surface area contributed by atoms with E-state index in [1.807, 2.05) is 6.08 Å². The van der Waals surface area contributed by atoms with Crippen LogP contribution < -0.4 is 0 Å². The zero-order valence-electron chi connectivity index (χ0n) is 4.78. The van der Waals surface area contributed by atoms with Crippen molar-refractivity contribution in [3.05, 3.63) is 24.8 Å². The van der Waals surface area contributed by atoms with E-state index in [-0.39, 0.29) is 0 Å². The molecule has 0 atom stereocenters. The van der Waals surface area contributed by atoms with Crippen molar-refractivity contribution in [3.63, 3.8) is 0 Å². The molecule has 0 aromatic rings. The molecule has 0 N–H and O–H groups in total. The summed E-state index contributed by atoms with van der Waals surface area (Å²) in [6, 6.07) is 0. The minimum atomic E-state index is 1.01. The first-order chi connectivity index (χ1) is 3.41. The summed E-state index contributed by atoms with van der Waals surface area (Å²) >= 11 is 0. The van der Waals surface area contributed by atoms with Gasteiger partial charge in [-0.3, -0.25) is 0 Å². The van der Waals surface area contributed by atoms with E-state index in [1.165, 1.54) is 0 Å². The molecule has 0 spiro atoms. The Bertz CT molecular complexity index is 66.1. The van der Waals surface area contributed by atoms with E-state index in [4.69, 9.17) is 0 Å². The Hall–Kier alpha value is -0.480. The van der Waals surface area contributed by atoms with Crippen LogP contribution >= 0.6 is 0 Å². The standard InChI is InChI=1S/C7H11/c1-3-5-7-6-4-2/h5-6H,1,4,7H2,2H3. The molecule has 0 heterocycles. The molecule has 7 heavy (non-hydrogen) atoms. The maximum atomic E-state index is 3.43. The first kappa shape index (κ1) is 6.52. The molecule has 0 aromatic heterocycles. The third-order valence-corrected chi connectivity index (χ3v) is 0.718. The van der Waals surface area contributed by atoms with E-state index >= 15 is 0 Å². The Balaban J connectivity index is 2.83. The summed E-state index contributed by atoms with van der Waals surface area (Å²) in [5, 5.41) is 0. The Labute approximate surface area is 45.5 Å². The van der Waals surface area contributed by atoms with Gasteiger partial charge in [0.25, 0.3) is 0 Å². The highest BCUT2D eigenvalue weighted by molar-refractivity contribution is 4.81. The number of allylic oxidation sites excluding steroid dienone is 1. The van der Waals surface area contributed by atoms with Crippen molar-refractivity contribution in [2.45, 2.75) is 19.8 Å². The van der Waals surface area contributed by atoms with Crippen LogP contribution in [-0.4, -0.2) is 0 Å². The van der Waals surface area contributed by atoms with E-state index in [1.54, 1.807) is 0 Å². The summed E-state index contributed by atoms with van der Waals surface area (Å²) in [5.41, 5.74) is 2.70. The lowest BCUT2D eigenvalue weighted by Gasteiger charge is -1.81. The molecule has 0 aliphatic rings. The van der Waals surface area contributed by atoms with Crippen molar-refractivity contribution >= 4 is 0 Å². The predicted molar refractivity (Wildman–Crippen MR) is 32.9 cm³/mol. The van der Waals surface area contributed by atoms with Crippen LogP contribution in [0.15, 0.2) is 18.4 Å². The normalized spacial score (nSPS) is 7.57. The fourth-order valence-electron chi connectivity index (χ4n) is 0.333. The third kappa shape index (κ3) is 5.52. The van der Waals surface area contributed by atoms with Crippen molar-refractivity contribution in [3.8, 4) is 0 Å². The lowest BCUT2D eigenvalue weighted by molar-refractivity contribution is 1.03. The van der Waals surface area contributed by atoms with Crippen LogP contribution in [0.3, 0.4) is 0 Å². The second kappa shape index (κ2) is 5.52. The first-order valence-electron chi connectivity index (χ1n) is 2.57. The van der Waals surface area contributed by atoms with Crippen molar-refractivity contribution < 1.29 is 0 Å². The highest BCUT2D eigenvalue weighted by Gasteiger charge is 1.73. The van der Waals surface area contributed by atoms with Crippen LogP contribution in [0.2, 0.25) is 0 Å². The van der Waals surface area contributed by atoms with Gasteiger partial charge >= 0.3 is 0 Å². The predicted octanol–water partition coefficient (Wildman–Crippen LogP) is 2.33. The molecule has 0 unspecified atom stereocenters. The Morgan fingerprint density at radius 3 is 2.86 bits per heavy atom. The molecule has 39 valence electrons. The summed E-state index contributed by atoms with van der Waals surface area (Å²) in [5.74, 6) is 0. The molecule has 0 amide bonds. The average Bonchev–Trinajstić information content (AvgIpc) is 1.69. The average molecular weight is 95.2 g/mol. The fraction of sp³-hybridized carbons (Fsp3) is 0.429. The van der Waals surface area contributed by atoms with Crippen molar-refractivity contribution in [2.75, 3.05) is 0 Å². The van der Waals surface area contributed by atoms with E-state index in [9.17, 15) is 0 Å². The minimum absolute atomic E-state index is 1.01. The molecular formula is C7H11. The van der Waals surface area contributed by atoms with Gasteiger partial charge in [-0.1, -0.05) is 19.9 Å². The Morgan fingerprint density at radius 2 is 2.43 bits per heavy atom. The third-order valence-electron chi connectivity index (χ3n) is 0.718. The molecule has 0 saturated heterocycles. The van der Waals surface area contributed by atoms with Crippen molar-refractivity contribution in [1.29, 1.82) is 0 Å². The van der Waals surface area contributed by atoms with Gasteiger partial charge in [-0.25, -0.2) is 0 Å². The number of hydrogen-bond donors (Lipinski definition) is 0. The van der Waals surface area contributed by atoms with Gasteiger partial charge < -0.3 is 0 Å². The molecule has 0 aromatic carbocycles. The SMILES string of the molecule is C=C=CC[CH]CC. The van der Waals surface area contributed by atoms with E-state index in [0.29, 0.717) is 0 Å². The van der Waals surface area contributed by atoms with Gasteiger partial charge in [-0.2, -0.15) is 0 Å². The van der Waals surface area contributed by atoms with E-state index < -0.39 is 0 Å². The van der Waals surface area contributed by atoms with Gasteiger partial charge in [-0.15, -0.1) is 5.73 Å². The smallest absolute Gasteiger partial charge is 0.0243 e. The van der Waals surface area contributed by atoms with E-state index in [2.05, 4.69) is 25.7 Å². The van der Waals surface area contributed by atoms with Crippen LogP contribution in [0.25, 0.3) is 0 Å². The van der Waals surface area contributed by atoms with Gasteiger partial charge in [0.2, 0.25) is 0 Å². The van der Waals surface area contributed by atoms with E-state index in [0.717, 1.165) is 12.8 Å². The highest BCUT2D eigenvalue weighted by atomic mass is 13.8. The lowest BCUT2D eigenvalue weighted by Crippen LogP contribution is -1.64. The molecule has 0 fully saturated rings. The zero-order valence-corrected chi connectivity index (χ0v) is 4.78. The number of hydrogen-bond acceptors (Lipinski definition) is 0.